The van der Waals surface area contributed by atoms with Crippen molar-refractivity contribution in [3.05, 3.63) is 58.6 Å². The normalized spacial score (nSPS) is 18.2. The predicted octanol–water partition coefficient (Wildman–Crippen LogP) is 5.07. The maximum atomic E-state index is 12.4. The Balaban J connectivity index is 1.79. The number of hydrogen-bond donors (Lipinski definition) is 2. The molecule has 5 heteroatoms. The van der Waals surface area contributed by atoms with E-state index in [1.54, 1.807) is 24.3 Å². The van der Waals surface area contributed by atoms with Gasteiger partial charge in [0, 0.05) is 22.7 Å². The standard InChI is InChI=1S/C19H21ClN2O2/c1-12-7-8-17-15(9-12)16(11-19(2,3)24-17)22-18(23)21-14-6-4-5-13(20)10-14/h4-10,16H,11H2,1-3H3,(H2,21,22,23)/t16-/m1/s1. The summed E-state index contributed by atoms with van der Waals surface area (Å²) in [5.74, 6) is 0.824. The average Bonchev–Trinajstić information content (AvgIpc) is 2.47. The van der Waals surface area contributed by atoms with Gasteiger partial charge in [-0.15, -0.1) is 0 Å². The van der Waals surface area contributed by atoms with E-state index in [2.05, 4.69) is 16.7 Å². The summed E-state index contributed by atoms with van der Waals surface area (Å²) >= 11 is 5.95. The Labute approximate surface area is 147 Å². The number of fused-ring (bicyclic) bond motifs is 1. The van der Waals surface area contributed by atoms with Crippen molar-refractivity contribution >= 4 is 23.3 Å². The number of nitrogens with one attached hydrogen (secondary N) is 2. The molecule has 0 spiro atoms. The van der Waals surface area contributed by atoms with E-state index in [1.165, 1.54) is 0 Å². The lowest BCUT2D eigenvalue weighted by atomic mass is 9.89. The van der Waals surface area contributed by atoms with Crippen molar-refractivity contribution in [2.24, 2.45) is 0 Å². The Morgan fingerprint density at radius 1 is 1.25 bits per heavy atom. The van der Waals surface area contributed by atoms with Gasteiger partial charge in [-0.05, 0) is 45.0 Å². The van der Waals surface area contributed by atoms with Gasteiger partial charge in [-0.3, -0.25) is 0 Å². The molecule has 0 saturated heterocycles. The zero-order chi connectivity index (χ0) is 17.3. The Hall–Kier alpha value is -2.20. The Kier molecular flexibility index (Phi) is 4.41. The Morgan fingerprint density at radius 2 is 2.04 bits per heavy atom. The number of halogens is 1. The van der Waals surface area contributed by atoms with E-state index in [-0.39, 0.29) is 17.7 Å². The second-order valence-electron chi connectivity index (χ2n) is 6.77. The highest BCUT2D eigenvalue weighted by molar-refractivity contribution is 6.30. The Morgan fingerprint density at radius 3 is 2.79 bits per heavy atom. The first kappa shape index (κ1) is 16.7. The van der Waals surface area contributed by atoms with Gasteiger partial charge in [0.05, 0.1) is 6.04 Å². The van der Waals surface area contributed by atoms with Crippen LogP contribution in [0.25, 0.3) is 0 Å². The fourth-order valence-electron chi connectivity index (χ4n) is 2.99. The van der Waals surface area contributed by atoms with Crippen LogP contribution >= 0.6 is 11.6 Å². The van der Waals surface area contributed by atoms with Crippen molar-refractivity contribution in [2.75, 3.05) is 5.32 Å². The number of amides is 2. The van der Waals surface area contributed by atoms with Crippen LogP contribution in [0, 0.1) is 6.92 Å². The fraction of sp³-hybridized carbons (Fsp3) is 0.316. The average molecular weight is 345 g/mol. The van der Waals surface area contributed by atoms with E-state index in [0.29, 0.717) is 17.1 Å². The summed E-state index contributed by atoms with van der Waals surface area (Å²) in [7, 11) is 0. The second kappa shape index (κ2) is 6.36. The van der Waals surface area contributed by atoms with Crippen LogP contribution in [0.4, 0.5) is 10.5 Å². The molecule has 1 aliphatic heterocycles. The number of anilines is 1. The van der Waals surface area contributed by atoms with E-state index in [0.717, 1.165) is 16.9 Å². The molecule has 0 aromatic heterocycles. The lowest BCUT2D eigenvalue weighted by Crippen LogP contribution is -2.42. The number of rotatable bonds is 2. The zero-order valence-electron chi connectivity index (χ0n) is 14.0. The monoisotopic (exact) mass is 344 g/mol. The van der Waals surface area contributed by atoms with Crippen LogP contribution < -0.4 is 15.4 Å². The first-order chi connectivity index (χ1) is 11.3. The van der Waals surface area contributed by atoms with E-state index in [1.807, 2.05) is 32.9 Å². The van der Waals surface area contributed by atoms with Gasteiger partial charge in [0.1, 0.15) is 11.4 Å². The van der Waals surface area contributed by atoms with E-state index in [4.69, 9.17) is 16.3 Å². The lowest BCUT2D eigenvalue weighted by Gasteiger charge is -2.38. The smallest absolute Gasteiger partial charge is 0.319 e. The summed E-state index contributed by atoms with van der Waals surface area (Å²) in [6.45, 7) is 6.09. The molecule has 0 radical (unpaired) electrons. The molecule has 3 rings (SSSR count). The van der Waals surface area contributed by atoms with Crippen molar-refractivity contribution in [1.29, 1.82) is 0 Å². The molecular weight excluding hydrogens is 324 g/mol. The molecule has 126 valence electrons. The van der Waals surface area contributed by atoms with Gasteiger partial charge in [0.2, 0.25) is 0 Å². The van der Waals surface area contributed by atoms with Crippen molar-refractivity contribution < 1.29 is 9.53 Å². The third-order valence-corrected chi connectivity index (χ3v) is 4.25. The van der Waals surface area contributed by atoms with Crippen LogP contribution in [0.5, 0.6) is 5.75 Å². The molecule has 0 aliphatic carbocycles. The maximum Gasteiger partial charge on any atom is 0.319 e. The molecular formula is C19H21ClN2O2. The summed E-state index contributed by atoms with van der Waals surface area (Å²) < 4.78 is 6.03. The molecule has 1 heterocycles. The largest absolute Gasteiger partial charge is 0.487 e. The van der Waals surface area contributed by atoms with Gasteiger partial charge in [-0.2, -0.15) is 0 Å². The number of hydrogen-bond acceptors (Lipinski definition) is 2. The van der Waals surface area contributed by atoms with Gasteiger partial charge in [-0.25, -0.2) is 4.79 Å². The molecule has 0 unspecified atom stereocenters. The quantitative estimate of drug-likeness (QED) is 0.798. The third kappa shape index (κ3) is 3.82. The van der Waals surface area contributed by atoms with Crippen molar-refractivity contribution in [3.63, 3.8) is 0 Å². The fourth-order valence-corrected chi connectivity index (χ4v) is 3.18. The van der Waals surface area contributed by atoms with E-state index >= 15 is 0 Å². The molecule has 2 amide bonds. The van der Waals surface area contributed by atoms with Gasteiger partial charge >= 0.3 is 6.03 Å². The SMILES string of the molecule is Cc1ccc2c(c1)[C@H](NC(=O)Nc1cccc(Cl)c1)CC(C)(C)O2. The van der Waals surface area contributed by atoms with Gasteiger partial charge < -0.3 is 15.4 Å². The Bertz CT molecular complexity index is 774. The first-order valence-corrected chi connectivity index (χ1v) is 8.33. The minimum Gasteiger partial charge on any atom is -0.487 e. The van der Waals surface area contributed by atoms with Crippen LogP contribution in [0.3, 0.4) is 0 Å². The van der Waals surface area contributed by atoms with Crippen LogP contribution in [0.15, 0.2) is 42.5 Å². The summed E-state index contributed by atoms with van der Waals surface area (Å²) in [5, 5.41) is 6.46. The molecule has 2 aromatic carbocycles. The van der Waals surface area contributed by atoms with E-state index < -0.39 is 0 Å². The summed E-state index contributed by atoms with van der Waals surface area (Å²) in [6, 6.07) is 12.8. The number of ether oxygens (including phenoxy) is 1. The number of carbonyl (C=O) groups excluding carboxylic acids is 1. The molecule has 2 aromatic rings. The summed E-state index contributed by atoms with van der Waals surface area (Å²) in [6.07, 6.45) is 0.701. The minimum atomic E-state index is -0.337. The topological polar surface area (TPSA) is 50.4 Å². The van der Waals surface area contributed by atoms with Crippen LogP contribution in [0.2, 0.25) is 5.02 Å². The van der Waals surface area contributed by atoms with E-state index in [9.17, 15) is 4.79 Å². The van der Waals surface area contributed by atoms with Crippen molar-refractivity contribution in [1.82, 2.24) is 5.32 Å². The molecule has 0 bridgehead atoms. The third-order valence-electron chi connectivity index (χ3n) is 4.01. The van der Waals surface area contributed by atoms with Crippen molar-refractivity contribution in [2.45, 2.75) is 38.8 Å². The highest BCUT2D eigenvalue weighted by atomic mass is 35.5. The highest BCUT2D eigenvalue weighted by Crippen LogP contribution is 2.39. The number of urea groups is 1. The summed E-state index contributed by atoms with van der Waals surface area (Å²) in [5.41, 5.74) is 2.47. The van der Waals surface area contributed by atoms with Gasteiger partial charge in [0.15, 0.2) is 0 Å². The predicted molar refractivity (Wildman–Crippen MR) is 96.9 cm³/mol. The van der Waals surface area contributed by atoms with Gasteiger partial charge in [-0.1, -0.05) is 35.4 Å². The highest BCUT2D eigenvalue weighted by Gasteiger charge is 2.34. The zero-order valence-corrected chi connectivity index (χ0v) is 14.8. The minimum absolute atomic E-state index is 0.108. The second-order valence-corrected chi connectivity index (χ2v) is 7.20. The van der Waals surface area contributed by atoms with Crippen LogP contribution in [-0.2, 0) is 0 Å². The van der Waals surface area contributed by atoms with Gasteiger partial charge in [0.25, 0.3) is 0 Å². The number of carbonyl (C=O) groups is 1. The molecule has 1 aliphatic rings. The molecule has 0 fully saturated rings. The number of aryl methyl sites for hydroxylation is 1. The number of benzene rings is 2. The molecule has 0 saturated carbocycles. The maximum absolute atomic E-state index is 12.4. The lowest BCUT2D eigenvalue weighted by molar-refractivity contribution is 0.0682. The molecule has 4 nitrogen and oxygen atoms in total. The molecule has 2 N–H and O–H groups in total. The first-order valence-electron chi connectivity index (χ1n) is 7.95. The molecule has 1 atom stereocenters. The molecule has 24 heavy (non-hydrogen) atoms. The van der Waals surface area contributed by atoms with Crippen LogP contribution in [0.1, 0.15) is 37.4 Å². The van der Waals surface area contributed by atoms with Crippen LogP contribution in [-0.4, -0.2) is 11.6 Å². The van der Waals surface area contributed by atoms with Crippen molar-refractivity contribution in [3.8, 4) is 5.75 Å². The summed E-state index contributed by atoms with van der Waals surface area (Å²) in [4.78, 5) is 12.4.